The number of nitrogens with one attached hydrogen (secondary N) is 1. The minimum Gasteiger partial charge on any atom is -0.409 e. The van der Waals surface area contributed by atoms with Gasteiger partial charge in [-0.2, -0.15) is 0 Å². The third-order valence-corrected chi connectivity index (χ3v) is 4.00. The normalized spacial score (nSPS) is 11.1. The van der Waals surface area contributed by atoms with Crippen LogP contribution in [0.2, 0.25) is 0 Å². The largest absolute Gasteiger partial charge is 0.409 e. The van der Waals surface area contributed by atoms with Crippen LogP contribution in [0.25, 0.3) is 22.5 Å². The van der Waals surface area contributed by atoms with Gasteiger partial charge >= 0.3 is 0 Å². The number of fused-ring (bicyclic) bond motifs is 1. The summed E-state index contributed by atoms with van der Waals surface area (Å²) in [5.41, 5.74) is 1.77. The molecule has 6 heteroatoms. The number of nitrogens with zero attached hydrogens (tertiary/aromatic N) is 2. The molecule has 0 bridgehead atoms. The summed E-state index contributed by atoms with van der Waals surface area (Å²) >= 11 is 1.23. The Kier molecular flexibility index (Phi) is 3.16. The molecule has 22 heavy (non-hydrogen) atoms. The zero-order valence-electron chi connectivity index (χ0n) is 11.3. The van der Waals surface area contributed by atoms with Crippen molar-refractivity contribution >= 4 is 22.7 Å². The molecule has 0 spiro atoms. The van der Waals surface area contributed by atoms with E-state index in [1.54, 1.807) is 12.1 Å². The molecule has 0 aliphatic rings. The van der Waals surface area contributed by atoms with E-state index in [1.807, 2.05) is 30.3 Å². The zero-order chi connectivity index (χ0) is 14.9. The predicted molar refractivity (Wildman–Crippen MR) is 82.1 cm³/mol. The average Bonchev–Trinajstić information content (AvgIpc) is 3.13. The van der Waals surface area contributed by atoms with Gasteiger partial charge in [0.25, 0.3) is 11.1 Å². The van der Waals surface area contributed by atoms with E-state index in [2.05, 4.69) is 15.2 Å². The topological polar surface area (TPSA) is 54.7 Å². The van der Waals surface area contributed by atoms with Crippen LogP contribution in [0.3, 0.4) is 0 Å². The maximum absolute atomic E-state index is 13.2. The van der Waals surface area contributed by atoms with Crippen LogP contribution in [0, 0.1) is 5.82 Å². The van der Waals surface area contributed by atoms with Gasteiger partial charge in [0.2, 0.25) is 0 Å². The van der Waals surface area contributed by atoms with Gasteiger partial charge in [0.15, 0.2) is 0 Å². The van der Waals surface area contributed by atoms with E-state index in [1.165, 1.54) is 23.9 Å². The molecule has 2 heterocycles. The summed E-state index contributed by atoms with van der Waals surface area (Å²) < 4.78 is 18.8. The first kappa shape index (κ1) is 13.1. The number of hydrogen-bond acceptors (Lipinski definition) is 4. The standard InChI is InChI=1S/C16H10FN3OS/c17-11-5-3-6-12(9-11)22-16-20-19-15(21-16)14-8-10-4-1-2-7-13(10)18-14/h1-9,18H. The highest BCUT2D eigenvalue weighted by molar-refractivity contribution is 7.99. The lowest BCUT2D eigenvalue weighted by Gasteiger charge is -1.95. The molecule has 4 nitrogen and oxygen atoms in total. The van der Waals surface area contributed by atoms with Crippen LogP contribution >= 0.6 is 11.8 Å². The summed E-state index contributed by atoms with van der Waals surface area (Å²) in [7, 11) is 0. The molecule has 0 unspecified atom stereocenters. The molecule has 0 aliphatic carbocycles. The van der Waals surface area contributed by atoms with Gasteiger partial charge in [0.05, 0.1) is 0 Å². The van der Waals surface area contributed by atoms with Gasteiger partial charge in [-0.25, -0.2) is 4.39 Å². The highest BCUT2D eigenvalue weighted by atomic mass is 32.2. The quantitative estimate of drug-likeness (QED) is 0.605. The van der Waals surface area contributed by atoms with E-state index in [-0.39, 0.29) is 5.82 Å². The lowest BCUT2D eigenvalue weighted by molar-refractivity contribution is 0.465. The van der Waals surface area contributed by atoms with Gasteiger partial charge in [-0.1, -0.05) is 24.3 Å². The van der Waals surface area contributed by atoms with Crippen molar-refractivity contribution in [2.24, 2.45) is 0 Å². The summed E-state index contributed by atoms with van der Waals surface area (Å²) in [6.07, 6.45) is 0. The van der Waals surface area contributed by atoms with Gasteiger partial charge < -0.3 is 9.40 Å². The third kappa shape index (κ3) is 2.48. The van der Waals surface area contributed by atoms with Crippen LogP contribution in [-0.2, 0) is 0 Å². The second-order valence-corrected chi connectivity index (χ2v) is 5.73. The minimum absolute atomic E-state index is 0.291. The summed E-state index contributed by atoms with van der Waals surface area (Å²) in [6.45, 7) is 0. The van der Waals surface area contributed by atoms with Crippen molar-refractivity contribution < 1.29 is 8.81 Å². The SMILES string of the molecule is Fc1cccc(Sc2nnc(-c3cc4ccccc4[nH]3)o2)c1. The van der Waals surface area contributed by atoms with Crippen LogP contribution < -0.4 is 0 Å². The Morgan fingerprint density at radius 2 is 1.91 bits per heavy atom. The van der Waals surface area contributed by atoms with Crippen molar-refractivity contribution in [3.63, 3.8) is 0 Å². The van der Waals surface area contributed by atoms with E-state index >= 15 is 0 Å². The third-order valence-electron chi connectivity index (χ3n) is 3.17. The zero-order valence-corrected chi connectivity index (χ0v) is 12.1. The highest BCUT2D eigenvalue weighted by Crippen LogP contribution is 2.30. The molecule has 1 N–H and O–H groups in total. The minimum atomic E-state index is -0.291. The van der Waals surface area contributed by atoms with Crippen molar-refractivity contribution in [2.45, 2.75) is 10.1 Å². The number of hydrogen-bond donors (Lipinski definition) is 1. The van der Waals surface area contributed by atoms with Crippen molar-refractivity contribution in [1.82, 2.24) is 15.2 Å². The van der Waals surface area contributed by atoms with Gasteiger partial charge in [0, 0.05) is 15.8 Å². The average molecular weight is 311 g/mol. The number of H-pyrrole nitrogens is 1. The highest BCUT2D eigenvalue weighted by Gasteiger charge is 2.12. The Morgan fingerprint density at radius 1 is 1.00 bits per heavy atom. The van der Waals surface area contributed by atoms with Gasteiger partial charge in [-0.05, 0) is 42.1 Å². The molecule has 0 radical (unpaired) electrons. The molecule has 0 fully saturated rings. The van der Waals surface area contributed by atoms with Gasteiger partial charge in [0.1, 0.15) is 11.5 Å². The van der Waals surface area contributed by atoms with Crippen LogP contribution in [0.4, 0.5) is 4.39 Å². The first-order chi connectivity index (χ1) is 10.8. The molecule has 0 atom stereocenters. The summed E-state index contributed by atoms with van der Waals surface area (Å²) in [4.78, 5) is 3.95. The first-order valence-electron chi connectivity index (χ1n) is 6.63. The van der Waals surface area contributed by atoms with Crippen molar-refractivity contribution in [1.29, 1.82) is 0 Å². The fourth-order valence-electron chi connectivity index (χ4n) is 2.18. The molecule has 0 amide bonds. The molecular formula is C16H10FN3OS. The summed E-state index contributed by atoms with van der Waals surface area (Å²) in [5.74, 6) is 0.121. The summed E-state index contributed by atoms with van der Waals surface area (Å²) in [6, 6.07) is 16.1. The van der Waals surface area contributed by atoms with Crippen molar-refractivity contribution in [3.8, 4) is 11.6 Å². The van der Waals surface area contributed by atoms with Crippen molar-refractivity contribution in [2.75, 3.05) is 0 Å². The molecule has 4 rings (SSSR count). The lowest BCUT2D eigenvalue weighted by atomic mass is 10.2. The Bertz CT molecular complexity index is 914. The lowest BCUT2D eigenvalue weighted by Crippen LogP contribution is -1.76. The van der Waals surface area contributed by atoms with Crippen LogP contribution in [0.5, 0.6) is 0 Å². The molecular weight excluding hydrogens is 301 g/mol. The Labute approximate surface area is 129 Å². The maximum Gasteiger partial charge on any atom is 0.281 e. The van der Waals surface area contributed by atoms with Gasteiger partial charge in [-0.3, -0.25) is 0 Å². The number of aromatic nitrogens is 3. The number of aromatic amines is 1. The molecule has 4 aromatic rings. The molecule has 0 saturated carbocycles. The van der Waals surface area contributed by atoms with Crippen LogP contribution in [0.1, 0.15) is 0 Å². The van der Waals surface area contributed by atoms with Gasteiger partial charge in [-0.15, -0.1) is 10.2 Å². The fourth-order valence-corrected chi connectivity index (χ4v) is 2.90. The Balaban J connectivity index is 1.63. The molecule has 108 valence electrons. The fraction of sp³-hybridized carbons (Fsp3) is 0. The Morgan fingerprint density at radius 3 is 2.77 bits per heavy atom. The molecule has 0 aliphatic heterocycles. The number of benzene rings is 2. The monoisotopic (exact) mass is 311 g/mol. The first-order valence-corrected chi connectivity index (χ1v) is 7.45. The number of halogens is 1. The second-order valence-electron chi connectivity index (χ2n) is 4.70. The second kappa shape index (κ2) is 5.31. The molecule has 0 saturated heterocycles. The van der Waals surface area contributed by atoms with E-state index in [0.717, 1.165) is 16.6 Å². The maximum atomic E-state index is 13.2. The van der Waals surface area contributed by atoms with E-state index in [9.17, 15) is 4.39 Å². The van der Waals surface area contributed by atoms with E-state index in [0.29, 0.717) is 16.0 Å². The molecule has 2 aromatic heterocycles. The molecule has 2 aromatic carbocycles. The predicted octanol–water partition coefficient (Wildman–Crippen LogP) is 4.51. The Hall–Kier alpha value is -2.60. The number of rotatable bonds is 3. The van der Waals surface area contributed by atoms with Crippen LogP contribution in [0.15, 0.2) is 69.1 Å². The smallest absolute Gasteiger partial charge is 0.281 e. The van der Waals surface area contributed by atoms with E-state index in [4.69, 9.17) is 4.42 Å². The number of para-hydroxylation sites is 1. The van der Waals surface area contributed by atoms with Crippen molar-refractivity contribution in [3.05, 3.63) is 60.4 Å². The van der Waals surface area contributed by atoms with E-state index < -0.39 is 0 Å². The summed E-state index contributed by atoms with van der Waals surface area (Å²) in [5, 5.41) is 9.48. The van der Waals surface area contributed by atoms with Crippen LogP contribution in [-0.4, -0.2) is 15.2 Å².